The van der Waals surface area contributed by atoms with Crippen LogP contribution in [0.4, 0.5) is 0 Å². The van der Waals surface area contributed by atoms with Gasteiger partial charge in [-0.05, 0) is 57.3 Å². The fourth-order valence-corrected chi connectivity index (χ4v) is 8.69. The molecule has 11 aromatic rings. The molecular weight excluding hydrogens is 631 g/mol. The standard InChI is InChI=1S/C45H25N3OS/c1-2-10-30-26(8-1)16-23-36-31(30)20-17-27-9-7-13-37(42(27)36)45-47-43(28-18-21-33-32-11-3-5-14-38(32)49-39(33)24-28)46-44(48-45)29-19-22-35-34-12-4-6-15-40(34)50-41(35)25-29/h1-25H. The summed E-state index contributed by atoms with van der Waals surface area (Å²) in [6, 6.07) is 53.4. The highest BCUT2D eigenvalue weighted by atomic mass is 32.1. The summed E-state index contributed by atoms with van der Waals surface area (Å²) >= 11 is 1.80. The lowest BCUT2D eigenvalue weighted by Gasteiger charge is -2.13. The number of aromatic nitrogens is 3. The van der Waals surface area contributed by atoms with Gasteiger partial charge in [-0.1, -0.05) is 121 Å². The van der Waals surface area contributed by atoms with E-state index in [-0.39, 0.29) is 0 Å². The van der Waals surface area contributed by atoms with Crippen molar-refractivity contribution >= 4 is 85.8 Å². The maximum Gasteiger partial charge on any atom is 0.164 e. The van der Waals surface area contributed by atoms with Crippen LogP contribution in [0.25, 0.3) is 109 Å². The van der Waals surface area contributed by atoms with Crippen molar-refractivity contribution in [2.45, 2.75) is 0 Å². The van der Waals surface area contributed by atoms with Crippen molar-refractivity contribution in [3.05, 3.63) is 152 Å². The van der Waals surface area contributed by atoms with E-state index in [0.29, 0.717) is 17.5 Å². The predicted molar refractivity (Wildman–Crippen MR) is 209 cm³/mol. The monoisotopic (exact) mass is 655 g/mol. The average molecular weight is 656 g/mol. The summed E-state index contributed by atoms with van der Waals surface area (Å²) in [5.41, 5.74) is 4.47. The number of para-hydroxylation sites is 1. The Morgan fingerprint density at radius 2 is 1.00 bits per heavy atom. The molecule has 11 rings (SSSR count). The summed E-state index contributed by atoms with van der Waals surface area (Å²) in [5.74, 6) is 1.88. The molecule has 4 nitrogen and oxygen atoms in total. The molecule has 0 bridgehead atoms. The van der Waals surface area contributed by atoms with E-state index in [9.17, 15) is 0 Å². The van der Waals surface area contributed by atoms with Gasteiger partial charge in [0.1, 0.15) is 11.2 Å². The van der Waals surface area contributed by atoms with Crippen molar-refractivity contribution in [3.8, 4) is 34.2 Å². The molecule has 5 heteroatoms. The Bertz CT molecular complexity index is 3040. The summed E-state index contributed by atoms with van der Waals surface area (Å²) in [6.45, 7) is 0. The van der Waals surface area contributed by atoms with Crippen LogP contribution in [0.2, 0.25) is 0 Å². The third kappa shape index (κ3) is 4.14. The second-order valence-corrected chi connectivity index (χ2v) is 13.9. The van der Waals surface area contributed by atoms with Gasteiger partial charge in [-0.3, -0.25) is 0 Å². The van der Waals surface area contributed by atoms with Gasteiger partial charge in [0.05, 0.1) is 0 Å². The van der Waals surface area contributed by atoms with Crippen molar-refractivity contribution < 1.29 is 4.42 Å². The Morgan fingerprint density at radius 1 is 0.380 bits per heavy atom. The molecule has 0 fully saturated rings. The van der Waals surface area contributed by atoms with E-state index in [4.69, 9.17) is 19.4 Å². The lowest BCUT2D eigenvalue weighted by molar-refractivity contribution is 0.669. The number of hydrogen-bond acceptors (Lipinski definition) is 5. The molecule has 3 aromatic heterocycles. The van der Waals surface area contributed by atoms with Crippen LogP contribution in [0.1, 0.15) is 0 Å². The minimum absolute atomic E-state index is 0.603. The van der Waals surface area contributed by atoms with Crippen molar-refractivity contribution in [2.75, 3.05) is 0 Å². The fourth-order valence-electron chi connectivity index (χ4n) is 7.55. The zero-order chi connectivity index (χ0) is 32.8. The molecule has 0 spiro atoms. The minimum atomic E-state index is 0.603. The van der Waals surface area contributed by atoms with Gasteiger partial charge in [-0.25, -0.2) is 15.0 Å². The Balaban J connectivity index is 1.18. The van der Waals surface area contributed by atoms with E-state index >= 15 is 0 Å². The quantitative estimate of drug-likeness (QED) is 0.178. The SMILES string of the molecule is c1ccc2c(c1)ccc1c2ccc2cccc(-c3nc(-c4ccc5c(c4)oc4ccccc45)nc(-c4ccc5c(c4)sc4ccccc45)n3)c21. The number of benzene rings is 8. The van der Waals surface area contributed by atoms with Crippen LogP contribution < -0.4 is 0 Å². The second-order valence-electron chi connectivity index (χ2n) is 12.8. The molecule has 232 valence electrons. The normalized spacial score (nSPS) is 12.0. The molecule has 0 saturated heterocycles. The summed E-state index contributed by atoms with van der Waals surface area (Å²) in [5, 5.41) is 11.8. The molecule has 0 atom stereocenters. The first-order valence-electron chi connectivity index (χ1n) is 16.7. The lowest BCUT2D eigenvalue weighted by atomic mass is 9.94. The Hall–Kier alpha value is -6.43. The predicted octanol–water partition coefficient (Wildman–Crippen LogP) is 12.6. The smallest absolute Gasteiger partial charge is 0.164 e. The van der Waals surface area contributed by atoms with Gasteiger partial charge in [-0.2, -0.15) is 0 Å². The van der Waals surface area contributed by atoms with Crippen LogP contribution in [0.3, 0.4) is 0 Å². The van der Waals surface area contributed by atoms with Crippen LogP contribution in [0.15, 0.2) is 156 Å². The molecule has 0 aliphatic heterocycles. The Kier molecular flexibility index (Phi) is 5.80. The minimum Gasteiger partial charge on any atom is -0.456 e. The van der Waals surface area contributed by atoms with E-state index in [1.165, 1.54) is 41.7 Å². The number of nitrogens with zero attached hydrogens (tertiary/aromatic N) is 3. The van der Waals surface area contributed by atoms with Crippen LogP contribution >= 0.6 is 11.3 Å². The zero-order valence-corrected chi connectivity index (χ0v) is 27.4. The first kappa shape index (κ1) is 27.5. The van der Waals surface area contributed by atoms with Crippen molar-refractivity contribution in [2.24, 2.45) is 0 Å². The molecule has 0 N–H and O–H groups in total. The second kappa shape index (κ2) is 10.5. The number of thiophene rings is 1. The van der Waals surface area contributed by atoms with Crippen molar-refractivity contribution in [1.82, 2.24) is 15.0 Å². The van der Waals surface area contributed by atoms with E-state index < -0.39 is 0 Å². The van der Waals surface area contributed by atoms with Crippen molar-refractivity contribution in [1.29, 1.82) is 0 Å². The molecule has 0 radical (unpaired) electrons. The molecule has 3 heterocycles. The number of fused-ring (bicyclic) bond motifs is 11. The van der Waals surface area contributed by atoms with Crippen LogP contribution in [0.5, 0.6) is 0 Å². The first-order valence-corrected chi connectivity index (χ1v) is 17.5. The summed E-state index contributed by atoms with van der Waals surface area (Å²) in [4.78, 5) is 15.6. The fraction of sp³-hybridized carbons (Fsp3) is 0. The Labute approximate surface area is 289 Å². The molecule has 0 aliphatic carbocycles. The topological polar surface area (TPSA) is 51.8 Å². The van der Waals surface area contributed by atoms with Gasteiger partial charge in [0.2, 0.25) is 0 Å². The van der Waals surface area contributed by atoms with Gasteiger partial charge in [0.15, 0.2) is 17.5 Å². The average Bonchev–Trinajstić information content (AvgIpc) is 3.74. The van der Waals surface area contributed by atoms with Gasteiger partial charge in [-0.15, -0.1) is 11.3 Å². The lowest BCUT2D eigenvalue weighted by Crippen LogP contribution is -2.00. The van der Waals surface area contributed by atoms with Crippen molar-refractivity contribution in [3.63, 3.8) is 0 Å². The number of hydrogen-bond donors (Lipinski definition) is 0. The third-order valence-electron chi connectivity index (χ3n) is 9.92. The maximum absolute atomic E-state index is 6.29. The summed E-state index contributed by atoms with van der Waals surface area (Å²) < 4.78 is 8.77. The van der Waals surface area contributed by atoms with E-state index in [1.54, 1.807) is 11.3 Å². The summed E-state index contributed by atoms with van der Waals surface area (Å²) in [7, 11) is 0. The highest BCUT2D eigenvalue weighted by Gasteiger charge is 2.18. The van der Waals surface area contributed by atoms with E-state index in [0.717, 1.165) is 49.4 Å². The van der Waals surface area contributed by atoms with E-state index in [2.05, 4.69) is 133 Å². The zero-order valence-electron chi connectivity index (χ0n) is 26.6. The number of rotatable bonds is 3. The molecule has 0 saturated carbocycles. The molecule has 0 amide bonds. The largest absolute Gasteiger partial charge is 0.456 e. The Morgan fingerprint density at radius 3 is 1.90 bits per heavy atom. The van der Waals surface area contributed by atoms with Gasteiger partial charge >= 0.3 is 0 Å². The molecule has 0 unspecified atom stereocenters. The third-order valence-corrected chi connectivity index (χ3v) is 11.1. The molecule has 0 aliphatic rings. The van der Waals surface area contributed by atoms with Crippen LogP contribution in [0, 0.1) is 0 Å². The molecular formula is C45H25N3OS. The number of furan rings is 1. The van der Waals surface area contributed by atoms with E-state index in [1.807, 2.05) is 18.2 Å². The first-order chi connectivity index (χ1) is 24.7. The molecule has 8 aromatic carbocycles. The molecule has 50 heavy (non-hydrogen) atoms. The van der Waals surface area contributed by atoms with Crippen LogP contribution in [-0.2, 0) is 0 Å². The maximum atomic E-state index is 6.29. The van der Waals surface area contributed by atoms with Gasteiger partial charge in [0.25, 0.3) is 0 Å². The van der Waals surface area contributed by atoms with Gasteiger partial charge < -0.3 is 4.42 Å². The highest BCUT2D eigenvalue weighted by molar-refractivity contribution is 7.25. The highest BCUT2D eigenvalue weighted by Crippen LogP contribution is 2.39. The van der Waals surface area contributed by atoms with Gasteiger partial charge in [0, 0.05) is 53.0 Å². The van der Waals surface area contributed by atoms with Crippen LogP contribution in [-0.4, -0.2) is 15.0 Å². The summed E-state index contributed by atoms with van der Waals surface area (Å²) in [6.07, 6.45) is 0.